The second-order valence-corrected chi connectivity index (χ2v) is 5.91. The van der Waals surface area contributed by atoms with Crippen LogP contribution in [-0.4, -0.2) is 33.9 Å². The highest BCUT2D eigenvalue weighted by atomic mass is 16.3. The molecule has 0 spiro atoms. The predicted molar refractivity (Wildman–Crippen MR) is 88.9 cm³/mol. The number of carbonyl (C=O) groups is 1. The molecule has 1 amide bonds. The maximum atomic E-state index is 12.5. The van der Waals surface area contributed by atoms with Crippen LogP contribution < -0.4 is 5.32 Å². The van der Waals surface area contributed by atoms with Crippen molar-refractivity contribution in [3.8, 4) is 5.69 Å². The predicted octanol–water partition coefficient (Wildman–Crippen LogP) is 2.25. The van der Waals surface area contributed by atoms with E-state index in [1.807, 2.05) is 35.0 Å². The number of aromatic nitrogens is 2. The first kappa shape index (κ1) is 15.7. The number of nitrogens with one attached hydrogen (secondary N) is 1. The third-order valence-electron chi connectivity index (χ3n) is 4.27. The van der Waals surface area contributed by atoms with Crippen molar-refractivity contribution in [1.82, 2.24) is 15.1 Å². The monoisotopic (exact) mass is 313 g/mol. The van der Waals surface area contributed by atoms with Crippen molar-refractivity contribution in [1.29, 1.82) is 0 Å². The third-order valence-corrected chi connectivity index (χ3v) is 4.27. The van der Waals surface area contributed by atoms with Crippen LogP contribution >= 0.6 is 0 Å². The molecule has 0 saturated heterocycles. The third kappa shape index (κ3) is 3.45. The lowest BCUT2D eigenvalue weighted by Crippen LogP contribution is -2.26. The molecule has 0 aliphatic heterocycles. The minimum atomic E-state index is -0.133. The minimum Gasteiger partial charge on any atom is -0.396 e. The van der Waals surface area contributed by atoms with Gasteiger partial charge in [-0.3, -0.25) is 4.79 Å². The van der Waals surface area contributed by atoms with E-state index in [-0.39, 0.29) is 12.5 Å². The molecule has 0 saturated carbocycles. The lowest BCUT2D eigenvalue weighted by molar-refractivity contribution is 0.0945. The summed E-state index contributed by atoms with van der Waals surface area (Å²) in [7, 11) is 0. The molecule has 0 atom stereocenters. The molecule has 1 aliphatic rings. The van der Waals surface area contributed by atoms with Gasteiger partial charge < -0.3 is 10.4 Å². The van der Waals surface area contributed by atoms with E-state index < -0.39 is 0 Å². The van der Waals surface area contributed by atoms with Gasteiger partial charge in [0.1, 0.15) is 0 Å². The van der Waals surface area contributed by atoms with E-state index in [0.717, 1.165) is 36.9 Å². The molecule has 0 fully saturated rings. The molecule has 1 aromatic carbocycles. The Bertz CT molecular complexity index is 664. The average molecular weight is 313 g/mol. The van der Waals surface area contributed by atoms with Crippen LogP contribution in [-0.2, 0) is 12.8 Å². The molecule has 5 heteroatoms. The second-order valence-electron chi connectivity index (χ2n) is 5.91. The molecule has 0 bridgehead atoms. The van der Waals surface area contributed by atoms with Crippen molar-refractivity contribution in [2.45, 2.75) is 38.5 Å². The van der Waals surface area contributed by atoms with Crippen molar-refractivity contribution in [2.24, 2.45) is 0 Å². The van der Waals surface area contributed by atoms with Gasteiger partial charge in [0.25, 0.3) is 5.91 Å². The zero-order valence-corrected chi connectivity index (χ0v) is 13.3. The van der Waals surface area contributed by atoms with Crippen LogP contribution in [0.25, 0.3) is 5.69 Å². The summed E-state index contributed by atoms with van der Waals surface area (Å²) < 4.78 is 1.93. The fraction of sp³-hybridized carbons (Fsp3) is 0.444. The topological polar surface area (TPSA) is 67.2 Å². The summed E-state index contributed by atoms with van der Waals surface area (Å²) in [5.74, 6) is -0.133. The summed E-state index contributed by atoms with van der Waals surface area (Å²) in [5.41, 5.74) is 3.80. The second kappa shape index (κ2) is 7.42. The number of aliphatic hydroxyl groups excluding tert-OH is 1. The van der Waals surface area contributed by atoms with E-state index >= 15 is 0 Å². The van der Waals surface area contributed by atoms with Gasteiger partial charge in [-0.25, -0.2) is 4.68 Å². The van der Waals surface area contributed by atoms with Crippen molar-refractivity contribution >= 4 is 5.91 Å². The maximum Gasteiger partial charge on any atom is 0.272 e. The Balaban J connectivity index is 1.96. The lowest BCUT2D eigenvalue weighted by Gasteiger charge is -2.06. The van der Waals surface area contributed by atoms with Crippen molar-refractivity contribution < 1.29 is 9.90 Å². The molecule has 0 unspecified atom stereocenters. The van der Waals surface area contributed by atoms with Crippen LogP contribution in [0.4, 0.5) is 0 Å². The highest BCUT2D eigenvalue weighted by Crippen LogP contribution is 2.26. The van der Waals surface area contributed by atoms with Gasteiger partial charge in [0.15, 0.2) is 5.69 Å². The van der Waals surface area contributed by atoms with Gasteiger partial charge in [0.05, 0.1) is 5.69 Å². The molecule has 1 heterocycles. The summed E-state index contributed by atoms with van der Waals surface area (Å²) in [6.07, 6.45) is 5.86. The lowest BCUT2D eigenvalue weighted by atomic mass is 10.1. The molecule has 0 radical (unpaired) electrons. The number of nitrogens with zero attached hydrogens (tertiary/aromatic N) is 2. The van der Waals surface area contributed by atoms with Crippen molar-refractivity contribution in [3.05, 3.63) is 47.3 Å². The highest BCUT2D eigenvalue weighted by Gasteiger charge is 2.24. The van der Waals surface area contributed by atoms with Crippen molar-refractivity contribution in [2.75, 3.05) is 13.2 Å². The average Bonchev–Trinajstić information content (AvgIpc) is 2.77. The molecule has 2 N–H and O–H groups in total. The van der Waals surface area contributed by atoms with Gasteiger partial charge >= 0.3 is 0 Å². The van der Waals surface area contributed by atoms with Gasteiger partial charge in [-0.2, -0.15) is 5.10 Å². The van der Waals surface area contributed by atoms with Gasteiger partial charge in [-0.1, -0.05) is 24.6 Å². The Labute approximate surface area is 136 Å². The van der Waals surface area contributed by atoms with Crippen molar-refractivity contribution in [3.63, 3.8) is 0 Å². The number of benzene rings is 1. The Hall–Kier alpha value is -2.14. The standard InChI is InChI=1S/C18H23N3O2/c22-13-7-12-19-18(23)17-15-10-5-2-6-11-16(15)21(20-17)14-8-3-1-4-9-14/h1,3-4,8-9,22H,2,5-7,10-13H2,(H,19,23). The summed E-state index contributed by atoms with van der Waals surface area (Å²) in [4.78, 5) is 12.5. The quantitative estimate of drug-likeness (QED) is 0.657. The van der Waals surface area contributed by atoms with E-state index in [2.05, 4.69) is 10.4 Å². The molecular weight excluding hydrogens is 290 g/mol. The number of para-hydroxylation sites is 1. The maximum absolute atomic E-state index is 12.5. The molecule has 3 rings (SSSR count). The molecule has 1 aromatic heterocycles. The molecule has 2 aromatic rings. The van der Waals surface area contributed by atoms with E-state index in [1.165, 1.54) is 12.1 Å². The van der Waals surface area contributed by atoms with Gasteiger partial charge in [0.2, 0.25) is 0 Å². The molecule has 122 valence electrons. The number of carbonyl (C=O) groups excluding carboxylic acids is 1. The summed E-state index contributed by atoms with van der Waals surface area (Å²) in [6, 6.07) is 9.99. The van der Waals surface area contributed by atoms with Crippen LogP contribution in [0.2, 0.25) is 0 Å². The number of amides is 1. The number of fused-ring (bicyclic) bond motifs is 1. The van der Waals surface area contributed by atoms with E-state index in [9.17, 15) is 4.79 Å². The minimum absolute atomic E-state index is 0.0802. The Kier molecular flexibility index (Phi) is 5.08. The first-order chi connectivity index (χ1) is 11.3. The van der Waals surface area contributed by atoms with Gasteiger partial charge in [-0.05, 0) is 44.2 Å². The molecule has 1 aliphatic carbocycles. The smallest absolute Gasteiger partial charge is 0.272 e. The van der Waals surface area contributed by atoms with E-state index in [4.69, 9.17) is 5.11 Å². The first-order valence-corrected chi connectivity index (χ1v) is 8.36. The van der Waals surface area contributed by atoms with Crippen LogP contribution in [0.5, 0.6) is 0 Å². The fourth-order valence-corrected chi connectivity index (χ4v) is 3.11. The SMILES string of the molecule is O=C(NCCCO)c1nn(-c2ccccc2)c2c1CCCCC2. The Morgan fingerprint density at radius 2 is 1.96 bits per heavy atom. The van der Waals surface area contributed by atoms with Crippen LogP contribution in [0.1, 0.15) is 47.4 Å². The van der Waals surface area contributed by atoms with Crippen LogP contribution in [0, 0.1) is 0 Å². The number of aliphatic hydroxyl groups is 1. The fourth-order valence-electron chi connectivity index (χ4n) is 3.11. The molecule has 5 nitrogen and oxygen atoms in total. The van der Waals surface area contributed by atoms with E-state index in [0.29, 0.717) is 18.7 Å². The normalized spacial score (nSPS) is 14.1. The number of hydrogen-bond donors (Lipinski definition) is 2. The van der Waals surface area contributed by atoms with Gasteiger partial charge in [0, 0.05) is 24.4 Å². The van der Waals surface area contributed by atoms with E-state index in [1.54, 1.807) is 0 Å². The highest BCUT2D eigenvalue weighted by molar-refractivity contribution is 5.94. The molecular formula is C18H23N3O2. The molecule has 23 heavy (non-hydrogen) atoms. The largest absolute Gasteiger partial charge is 0.396 e. The summed E-state index contributed by atoms with van der Waals surface area (Å²) in [6.45, 7) is 0.555. The summed E-state index contributed by atoms with van der Waals surface area (Å²) >= 11 is 0. The Morgan fingerprint density at radius 3 is 2.74 bits per heavy atom. The number of hydrogen-bond acceptors (Lipinski definition) is 3. The van der Waals surface area contributed by atoms with Crippen LogP contribution in [0.3, 0.4) is 0 Å². The zero-order valence-electron chi connectivity index (χ0n) is 13.3. The first-order valence-electron chi connectivity index (χ1n) is 8.36. The van der Waals surface area contributed by atoms with Gasteiger partial charge in [-0.15, -0.1) is 0 Å². The summed E-state index contributed by atoms with van der Waals surface area (Å²) in [5, 5.41) is 16.3. The van der Waals surface area contributed by atoms with Crippen LogP contribution in [0.15, 0.2) is 30.3 Å². The number of rotatable bonds is 5. The Morgan fingerprint density at radius 1 is 1.17 bits per heavy atom. The zero-order chi connectivity index (χ0) is 16.1.